The van der Waals surface area contributed by atoms with Crippen molar-refractivity contribution in [1.82, 2.24) is 4.90 Å². The van der Waals surface area contributed by atoms with E-state index in [0.717, 1.165) is 0 Å². The molecule has 7 rings (SSSR count). The van der Waals surface area contributed by atoms with Crippen LogP contribution in [-0.2, 0) is 33.2 Å². The van der Waals surface area contributed by atoms with E-state index in [1.807, 2.05) is 25.9 Å². The van der Waals surface area contributed by atoms with Crippen molar-refractivity contribution in [3.63, 3.8) is 0 Å². The Morgan fingerprint density at radius 2 is 1.53 bits per heavy atom. The molecule has 0 unspecified atom stereocenters. The molecule has 55 heavy (non-hydrogen) atoms. The molecule has 2 aromatic rings. The lowest BCUT2D eigenvalue weighted by Crippen LogP contribution is -2.58. The molecule has 3 saturated heterocycles. The molecule has 0 bridgehead atoms. The number of phenols is 2. The third-order valence-corrected chi connectivity index (χ3v) is 12.0. The normalized spacial score (nSPS) is 37.7. The number of nitrogens with zero attached hydrogens (tertiary/aromatic N) is 1. The molecule has 13 atom stereocenters. The minimum atomic E-state index is -1.71. The van der Waals surface area contributed by atoms with Gasteiger partial charge in [-0.3, -0.25) is 14.4 Å². The topological polar surface area (TPSA) is 211 Å². The van der Waals surface area contributed by atoms with Gasteiger partial charge in [-0.15, -0.1) is 0 Å². The van der Waals surface area contributed by atoms with Gasteiger partial charge in [-0.2, -0.15) is 0 Å². The average Bonchev–Trinajstić information content (AvgIpc) is 3.13. The van der Waals surface area contributed by atoms with Crippen LogP contribution in [-0.4, -0.2) is 129 Å². The van der Waals surface area contributed by atoms with Gasteiger partial charge in [0.25, 0.3) is 0 Å². The molecule has 0 radical (unpaired) electrons. The number of aliphatic hydroxyl groups excluding tert-OH is 2. The molecule has 5 aliphatic rings. The Hall–Kier alpha value is -3.35. The van der Waals surface area contributed by atoms with E-state index in [9.17, 15) is 39.9 Å². The second-order valence-electron chi connectivity index (χ2n) is 15.7. The van der Waals surface area contributed by atoms with Gasteiger partial charge in [0.05, 0.1) is 41.1 Å². The Morgan fingerprint density at radius 3 is 2.18 bits per heavy atom. The summed E-state index contributed by atoms with van der Waals surface area (Å²) in [6.45, 7) is 6.98. The van der Waals surface area contributed by atoms with Crippen molar-refractivity contribution in [3.05, 3.63) is 57.6 Å². The summed E-state index contributed by atoms with van der Waals surface area (Å²) in [4.78, 5) is 41.2. The van der Waals surface area contributed by atoms with Gasteiger partial charge < -0.3 is 58.9 Å². The molecule has 300 valence electrons. The highest BCUT2D eigenvalue weighted by Crippen LogP contribution is 2.53. The third-order valence-electron chi connectivity index (χ3n) is 12.0. The minimum Gasteiger partial charge on any atom is -0.507 e. The second-order valence-corrected chi connectivity index (χ2v) is 15.7. The minimum absolute atomic E-state index is 0.0118. The quantitative estimate of drug-likeness (QED) is 0.223. The Labute approximate surface area is 319 Å². The zero-order valence-electron chi connectivity index (χ0n) is 31.8. The first-order valence-corrected chi connectivity index (χ1v) is 19.0. The molecule has 0 spiro atoms. The van der Waals surface area contributed by atoms with E-state index in [1.165, 1.54) is 24.3 Å². The maximum absolute atomic E-state index is 13.8. The Bertz CT molecular complexity index is 1820. The maximum atomic E-state index is 13.8. The van der Waals surface area contributed by atoms with Crippen molar-refractivity contribution in [2.24, 2.45) is 0 Å². The predicted molar refractivity (Wildman–Crippen MR) is 191 cm³/mol. The van der Waals surface area contributed by atoms with Crippen molar-refractivity contribution in [2.45, 2.75) is 146 Å². The number of carbonyl (C=O) groups is 3. The molecule has 5 N–H and O–H groups in total. The summed E-state index contributed by atoms with van der Waals surface area (Å²) in [5.74, 6) is -2.33. The molecule has 3 heterocycles. The summed E-state index contributed by atoms with van der Waals surface area (Å²) in [6, 6.07) is 5.16. The standard InChI is InChI=1S/C40H51NO14/c1-7-40(49)16-27(32-22(39(40)48)13-21-33(36(32)47)35(46)31-20(34(21)45)9-8-10-25(31)43)53-29-14-23(41(5)6)37(18(3)51-29)55-30-15-26(44)38(19(4)52-30)54-28-12-11-24(42)17(2)50-28/h8-10,13,17-19,23,26-30,37-39,43-44,47-49H,7,11-12,14-16H2,1-6H3/t17-,18-,19+,23-,26-,27+,28+,29-,30+,37-,38+,39+,40+/m0/s1. The summed E-state index contributed by atoms with van der Waals surface area (Å²) >= 11 is 0. The van der Waals surface area contributed by atoms with Crippen molar-refractivity contribution in [1.29, 1.82) is 0 Å². The summed E-state index contributed by atoms with van der Waals surface area (Å²) in [7, 11) is 3.76. The van der Waals surface area contributed by atoms with Crippen molar-refractivity contribution in [2.75, 3.05) is 14.1 Å². The van der Waals surface area contributed by atoms with E-state index in [2.05, 4.69) is 0 Å². The number of fused-ring (bicyclic) bond motifs is 3. The van der Waals surface area contributed by atoms with Crippen LogP contribution >= 0.6 is 0 Å². The molecule has 0 amide bonds. The number of carbonyl (C=O) groups excluding carboxylic acids is 3. The van der Waals surface area contributed by atoms with Crippen LogP contribution in [0.3, 0.4) is 0 Å². The molecule has 3 aliphatic heterocycles. The molecule has 0 aromatic heterocycles. The summed E-state index contributed by atoms with van der Waals surface area (Å²) in [5, 5.41) is 56.5. The fourth-order valence-corrected chi connectivity index (χ4v) is 8.78. The molecular weight excluding hydrogens is 718 g/mol. The number of benzene rings is 2. The molecule has 0 saturated carbocycles. The van der Waals surface area contributed by atoms with Gasteiger partial charge in [0, 0.05) is 54.8 Å². The third kappa shape index (κ3) is 7.13. The number of phenolic OH excluding ortho intramolecular Hbond substituents is 2. The Morgan fingerprint density at radius 1 is 0.855 bits per heavy atom. The van der Waals surface area contributed by atoms with Crippen molar-refractivity contribution < 1.29 is 68.3 Å². The van der Waals surface area contributed by atoms with Gasteiger partial charge in [0.15, 0.2) is 30.4 Å². The number of hydrogen-bond donors (Lipinski definition) is 5. The average molecular weight is 770 g/mol. The number of aromatic hydroxyl groups is 2. The second kappa shape index (κ2) is 15.2. The molecule has 15 heteroatoms. The van der Waals surface area contributed by atoms with Crippen LogP contribution in [0.4, 0.5) is 0 Å². The molecule has 15 nitrogen and oxygen atoms in total. The monoisotopic (exact) mass is 769 g/mol. The largest absolute Gasteiger partial charge is 0.507 e. The van der Waals surface area contributed by atoms with Crippen LogP contribution in [0.25, 0.3) is 0 Å². The Balaban J connectivity index is 1.10. The maximum Gasteiger partial charge on any atom is 0.201 e. The molecule has 2 aromatic carbocycles. The molecule has 2 aliphatic carbocycles. The SMILES string of the molecule is CC[C@@]1(O)C[C@@H](O[C@H]2C[C@H](N(C)C)[C@@H](O[C@@H]3C[C@H](O)[C@H](O[C@@H]4CCC(=O)[C@H](C)O4)[C@@H](C)O3)[C@H](C)O2)c2c(cc3c(c2O)C(=O)c2c(O)cccc2C3=O)[C@H]1O. The van der Waals surface area contributed by atoms with Gasteiger partial charge in [-0.1, -0.05) is 19.1 Å². The fourth-order valence-electron chi connectivity index (χ4n) is 8.78. The first-order chi connectivity index (χ1) is 26.0. The molecule has 3 fully saturated rings. The van der Waals surface area contributed by atoms with E-state index in [0.29, 0.717) is 12.8 Å². The van der Waals surface area contributed by atoms with Crippen LogP contribution in [0, 0.1) is 0 Å². The lowest BCUT2D eigenvalue weighted by molar-refractivity contribution is -0.325. The zero-order chi connectivity index (χ0) is 39.7. The number of ketones is 3. The number of hydrogen-bond acceptors (Lipinski definition) is 15. The number of Topliss-reactive ketones (excluding diaryl/α,β-unsaturated/α-hetero) is 1. The van der Waals surface area contributed by atoms with Gasteiger partial charge in [-0.25, -0.2) is 0 Å². The van der Waals surface area contributed by atoms with Crippen LogP contribution in [0.2, 0.25) is 0 Å². The number of rotatable bonds is 8. The van der Waals surface area contributed by atoms with Gasteiger partial charge >= 0.3 is 0 Å². The summed E-state index contributed by atoms with van der Waals surface area (Å²) in [6.07, 6.45) is -7.77. The lowest BCUT2D eigenvalue weighted by Gasteiger charge is -2.48. The smallest absolute Gasteiger partial charge is 0.201 e. The number of ether oxygens (including phenoxy) is 6. The number of aliphatic hydroxyl groups is 3. The van der Waals surface area contributed by atoms with Crippen LogP contribution in [0.15, 0.2) is 24.3 Å². The van der Waals surface area contributed by atoms with Gasteiger partial charge in [0.1, 0.15) is 35.9 Å². The lowest BCUT2D eigenvalue weighted by atomic mass is 9.71. The molecular formula is C40H51NO14. The first kappa shape index (κ1) is 39.9. The zero-order valence-corrected chi connectivity index (χ0v) is 31.8. The predicted octanol–water partition coefficient (Wildman–Crippen LogP) is 2.93. The Kier molecular flexibility index (Phi) is 11.0. The van der Waals surface area contributed by atoms with E-state index in [4.69, 9.17) is 28.4 Å². The number of likely N-dealkylation sites (N-methyl/N-ethyl adjacent to an activating group) is 1. The highest BCUT2D eigenvalue weighted by atomic mass is 16.7. The summed E-state index contributed by atoms with van der Waals surface area (Å²) in [5.41, 5.74) is -2.33. The van der Waals surface area contributed by atoms with Crippen molar-refractivity contribution in [3.8, 4) is 11.5 Å². The highest BCUT2D eigenvalue weighted by Gasteiger charge is 2.51. The van der Waals surface area contributed by atoms with Crippen LogP contribution in [0.5, 0.6) is 11.5 Å². The van der Waals surface area contributed by atoms with E-state index < -0.39 is 96.4 Å². The fraction of sp³-hybridized carbons (Fsp3) is 0.625. The first-order valence-electron chi connectivity index (χ1n) is 19.0. The summed E-state index contributed by atoms with van der Waals surface area (Å²) < 4.78 is 37.3. The van der Waals surface area contributed by atoms with Gasteiger partial charge in [0.2, 0.25) is 5.78 Å². The van der Waals surface area contributed by atoms with E-state index >= 15 is 0 Å². The van der Waals surface area contributed by atoms with Crippen LogP contribution < -0.4 is 0 Å². The van der Waals surface area contributed by atoms with Crippen molar-refractivity contribution >= 4 is 17.3 Å². The van der Waals surface area contributed by atoms with Gasteiger partial charge in [-0.05, 0) is 59.0 Å². The highest BCUT2D eigenvalue weighted by molar-refractivity contribution is 6.30. The van der Waals surface area contributed by atoms with E-state index in [1.54, 1.807) is 20.8 Å². The van der Waals surface area contributed by atoms with Crippen LogP contribution in [0.1, 0.15) is 121 Å². The van der Waals surface area contributed by atoms with E-state index in [-0.39, 0.29) is 70.9 Å².